The van der Waals surface area contributed by atoms with Crippen molar-refractivity contribution in [2.24, 2.45) is 0 Å². The van der Waals surface area contributed by atoms with Crippen LogP contribution in [0, 0.1) is 0 Å². The lowest BCUT2D eigenvalue weighted by Gasteiger charge is -2.36. The summed E-state index contributed by atoms with van der Waals surface area (Å²) in [5, 5.41) is 10.4. The number of likely N-dealkylation sites (N-methyl/N-ethyl adjacent to an activating group) is 1. The zero-order valence-electron chi connectivity index (χ0n) is 18.6. The molecule has 0 spiro atoms. The fourth-order valence-electron chi connectivity index (χ4n) is 3.97. The molecule has 0 bridgehead atoms. The molecule has 0 aliphatic heterocycles. The lowest BCUT2D eigenvalue weighted by atomic mass is 9.91. The molecule has 0 radical (unpaired) electrons. The third-order valence-corrected chi connectivity index (χ3v) is 7.64. The Morgan fingerprint density at radius 3 is 2.31 bits per heavy atom. The zero-order valence-corrected chi connectivity index (χ0v) is 19.4. The number of aliphatic hydroxyl groups excluding tert-OH is 1. The van der Waals surface area contributed by atoms with E-state index in [9.17, 15) is 18.3 Å². The van der Waals surface area contributed by atoms with Crippen molar-refractivity contribution in [3.8, 4) is 11.5 Å². The number of sulfonamides is 1. The summed E-state index contributed by atoms with van der Waals surface area (Å²) >= 11 is 0. The van der Waals surface area contributed by atoms with Crippen molar-refractivity contribution in [3.05, 3.63) is 48.5 Å². The molecule has 0 heterocycles. The van der Waals surface area contributed by atoms with E-state index in [-0.39, 0.29) is 16.6 Å². The number of anilines is 1. The van der Waals surface area contributed by atoms with Gasteiger partial charge in [0.25, 0.3) is 10.0 Å². The molecule has 2 atom stereocenters. The van der Waals surface area contributed by atoms with E-state index < -0.39 is 28.6 Å². The van der Waals surface area contributed by atoms with Crippen LogP contribution < -0.4 is 13.8 Å². The number of benzene rings is 2. The van der Waals surface area contributed by atoms with E-state index in [0.29, 0.717) is 24.3 Å². The van der Waals surface area contributed by atoms with Gasteiger partial charge in [0.2, 0.25) is 5.91 Å². The lowest BCUT2D eigenvalue weighted by molar-refractivity contribution is -0.133. The minimum Gasteiger partial charge on any atom is -0.497 e. The van der Waals surface area contributed by atoms with Gasteiger partial charge in [-0.05, 0) is 49.2 Å². The van der Waals surface area contributed by atoms with E-state index in [1.165, 1.54) is 31.3 Å². The number of hydrogen-bond donors (Lipinski definition) is 1. The number of hydrogen-bond acceptors (Lipinski definition) is 6. The second-order valence-electron chi connectivity index (χ2n) is 7.78. The first-order valence-electron chi connectivity index (χ1n) is 10.5. The molecule has 1 N–H and O–H groups in total. The minimum atomic E-state index is -4.10. The fourth-order valence-corrected chi connectivity index (χ4v) is 5.40. The van der Waals surface area contributed by atoms with Gasteiger partial charge in [-0.25, -0.2) is 8.42 Å². The maximum Gasteiger partial charge on any atom is 0.264 e. The number of amides is 1. The monoisotopic (exact) mass is 462 g/mol. The quantitative estimate of drug-likeness (QED) is 0.648. The van der Waals surface area contributed by atoms with Crippen molar-refractivity contribution in [3.63, 3.8) is 0 Å². The van der Waals surface area contributed by atoms with Crippen LogP contribution in [0.2, 0.25) is 0 Å². The smallest absolute Gasteiger partial charge is 0.264 e. The van der Waals surface area contributed by atoms with Gasteiger partial charge in [0.15, 0.2) is 0 Å². The van der Waals surface area contributed by atoms with Crippen LogP contribution in [-0.4, -0.2) is 64.3 Å². The van der Waals surface area contributed by atoms with Gasteiger partial charge in [0, 0.05) is 7.05 Å². The van der Waals surface area contributed by atoms with Crippen molar-refractivity contribution in [1.82, 2.24) is 4.90 Å². The summed E-state index contributed by atoms with van der Waals surface area (Å²) in [5.74, 6) is 0.451. The van der Waals surface area contributed by atoms with Gasteiger partial charge in [-0.2, -0.15) is 0 Å². The van der Waals surface area contributed by atoms with Crippen LogP contribution in [0.1, 0.15) is 25.7 Å². The van der Waals surface area contributed by atoms with Gasteiger partial charge in [-0.1, -0.05) is 25.0 Å². The van der Waals surface area contributed by atoms with Crippen molar-refractivity contribution in [2.75, 3.05) is 32.1 Å². The first-order chi connectivity index (χ1) is 15.3. The maximum atomic E-state index is 13.6. The lowest BCUT2D eigenvalue weighted by Crippen LogP contribution is -2.50. The highest BCUT2D eigenvalue weighted by Crippen LogP contribution is 2.33. The molecule has 8 nitrogen and oxygen atoms in total. The van der Waals surface area contributed by atoms with E-state index in [1.54, 1.807) is 43.4 Å². The van der Waals surface area contributed by atoms with E-state index in [4.69, 9.17) is 9.47 Å². The molecule has 3 rings (SSSR count). The average molecular weight is 463 g/mol. The summed E-state index contributed by atoms with van der Waals surface area (Å²) in [6, 6.07) is 12.3. The Hall–Kier alpha value is -2.78. The second kappa shape index (κ2) is 10.2. The van der Waals surface area contributed by atoms with Gasteiger partial charge in [0.1, 0.15) is 18.0 Å². The molecular formula is C23H30N2O6S. The molecule has 1 aliphatic carbocycles. The van der Waals surface area contributed by atoms with Crippen molar-refractivity contribution < 1.29 is 27.8 Å². The van der Waals surface area contributed by atoms with E-state index >= 15 is 0 Å². The number of aliphatic hydroxyl groups is 1. The highest BCUT2D eigenvalue weighted by molar-refractivity contribution is 7.92. The van der Waals surface area contributed by atoms with E-state index in [2.05, 4.69) is 0 Å². The molecule has 2 unspecified atom stereocenters. The molecular weight excluding hydrogens is 432 g/mol. The third-order valence-electron chi connectivity index (χ3n) is 5.86. The number of nitrogens with zero attached hydrogens (tertiary/aromatic N) is 2. The third kappa shape index (κ3) is 4.99. The Morgan fingerprint density at radius 1 is 1.03 bits per heavy atom. The normalized spacial score (nSPS) is 18.6. The Morgan fingerprint density at radius 2 is 1.69 bits per heavy atom. The van der Waals surface area contributed by atoms with Crippen molar-refractivity contribution in [2.45, 2.75) is 42.7 Å². The Kier molecular flexibility index (Phi) is 7.63. The van der Waals surface area contributed by atoms with Crippen LogP contribution >= 0.6 is 0 Å². The van der Waals surface area contributed by atoms with Gasteiger partial charge in [-0.3, -0.25) is 9.10 Å². The standard InChI is InChI=1S/C23H30N2O6S/c1-24(19-8-4-6-10-21(19)26)23(27)16-25(20-9-5-7-11-22(20)31-3)32(28,29)18-14-12-17(30-2)13-15-18/h5,7,9,11-15,19,21,26H,4,6,8,10,16H2,1-3H3. The SMILES string of the molecule is COc1ccc(S(=O)(=O)N(CC(=O)N(C)C2CCCCC2O)c2ccccc2OC)cc1. The van der Waals surface area contributed by atoms with Gasteiger partial charge < -0.3 is 19.5 Å². The number of rotatable bonds is 8. The van der Waals surface area contributed by atoms with Gasteiger partial charge in [-0.15, -0.1) is 0 Å². The Balaban J connectivity index is 1.98. The number of methoxy groups -OCH3 is 2. The molecule has 1 saturated carbocycles. The van der Waals surface area contributed by atoms with Crippen molar-refractivity contribution in [1.29, 1.82) is 0 Å². The first-order valence-corrected chi connectivity index (χ1v) is 12.0. The molecule has 0 aromatic heterocycles. The van der Waals surface area contributed by atoms with E-state index in [0.717, 1.165) is 17.1 Å². The highest BCUT2D eigenvalue weighted by atomic mass is 32.2. The van der Waals surface area contributed by atoms with Crippen LogP contribution in [0.15, 0.2) is 53.4 Å². The minimum absolute atomic E-state index is 0.0253. The molecule has 1 amide bonds. The molecule has 2 aromatic carbocycles. The van der Waals surface area contributed by atoms with Crippen LogP contribution in [0.25, 0.3) is 0 Å². The topological polar surface area (TPSA) is 96.4 Å². The molecule has 2 aromatic rings. The molecule has 32 heavy (non-hydrogen) atoms. The molecule has 9 heteroatoms. The number of para-hydroxylation sites is 2. The summed E-state index contributed by atoms with van der Waals surface area (Å²) in [5.41, 5.74) is 0.261. The Bertz CT molecular complexity index is 1030. The zero-order chi connectivity index (χ0) is 23.3. The van der Waals surface area contributed by atoms with E-state index in [1.807, 2.05) is 0 Å². The summed E-state index contributed by atoms with van der Waals surface area (Å²) in [7, 11) is 0.463. The summed E-state index contributed by atoms with van der Waals surface area (Å²) in [6.07, 6.45) is 2.53. The predicted molar refractivity (Wildman–Crippen MR) is 122 cm³/mol. The molecule has 174 valence electrons. The summed E-state index contributed by atoms with van der Waals surface area (Å²) in [4.78, 5) is 14.7. The highest BCUT2D eigenvalue weighted by Gasteiger charge is 2.34. The fraction of sp³-hybridized carbons (Fsp3) is 0.435. The second-order valence-corrected chi connectivity index (χ2v) is 9.65. The van der Waals surface area contributed by atoms with Crippen LogP contribution in [0.4, 0.5) is 5.69 Å². The number of carbonyl (C=O) groups is 1. The average Bonchev–Trinajstić information content (AvgIpc) is 2.82. The van der Waals surface area contributed by atoms with Crippen molar-refractivity contribution >= 4 is 21.6 Å². The van der Waals surface area contributed by atoms with Gasteiger partial charge >= 0.3 is 0 Å². The largest absolute Gasteiger partial charge is 0.497 e. The van der Waals surface area contributed by atoms with Crippen LogP contribution in [0.3, 0.4) is 0 Å². The number of ether oxygens (including phenoxy) is 2. The summed E-state index contributed by atoms with van der Waals surface area (Å²) < 4.78 is 38.8. The summed E-state index contributed by atoms with van der Waals surface area (Å²) in [6.45, 7) is -0.422. The number of carbonyl (C=O) groups excluding carboxylic acids is 1. The molecule has 1 fully saturated rings. The van der Waals surface area contributed by atoms with Crippen LogP contribution in [0.5, 0.6) is 11.5 Å². The first kappa shape index (κ1) is 23.9. The Labute approximate surface area is 189 Å². The van der Waals surface area contributed by atoms with Gasteiger partial charge in [0.05, 0.1) is 36.9 Å². The molecule has 1 aliphatic rings. The predicted octanol–water partition coefficient (Wildman–Crippen LogP) is 2.66. The maximum absolute atomic E-state index is 13.6. The molecule has 0 saturated heterocycles. The van der Waals surface area contributed by atoms with Crippen LogP contribution in [-0.2, 0) is 14.8 Å².